The van der Waals surface area contributed by atoms with E-state index < -0.39 is 0 Å². The van der Waals surface area contributed by atoms with Gasteiger partial charge in [-0.25, -0.2) is 0 Å². The normalized spacial score (nSPS) is 10.9. The Morgan fingerprint density at radius 1 is 0.857 bits per heavy atom. The quantitative estimate of drug-likeness (QED) is 0.487. The molecular weight excluding hydrogens is 344 g/mol. The molecule has 0 saturated carbocycles. The van der Waals surface area contributed by atoms with Crippen LogP contribution >= 0.6 is 0 Å². The van der Waals surface area contributed by atoms with E-state index in [0.717, 1.165) is 18.8 Å². The van der Waals surface area contributed by atoms with Crippen LogP contribution in [-0.2, 0) is 13.1 Å². The van der Waals surface area contributed by atoms with E-state index in [9.17, 15) is 0 Å². The van der Waals surface area contributed by atoms with Crippen molar-refractivity contribution < 1.29 is 4.74 Å². The summed E-state index contributed by atoms with van der Waals surface area (Å²) >= 11 is 0. The van der Waals surface area contributed by atoms with Crippen molar-refractivity contribution in [2.24, 2.45) is 0 Å². The minimum Gasteiger partial charge on any atom is -0.497 e. The van der Waals surface area contributed by atoms with Gasteiger partial charge in [-0.1, -0.05) is 48.5 Å². The number of fused-ring (bicyclic) bond motifs is 1. The van der Waals surface area contributed by atoms with Gasteiger partial charge in [-0.05, 0) is 58.3 Å². The van der Waals surface area contributed by atoms with Crippen LogP contribution in [0.4, 0.5) is 0 Å². The molecule has 4 rings (SSSR count). The first-order valence-electron chi connectivity index (χ1n) is 9.51. The molecule has 3 nitrogen and oxygen atoms in total. The molecule has 0 spiro atoms. The molecule has 0 aliphatic rings. The number of ether oxygens (including phenoxy) is 1. The molecule has 0 aliphatic carbocycles. The highest BCUT2D eigenvalue weighted by molar-refractivity contribution is 5.98. The molecule has 3 aromatic carbocycles. The highest BCUT2D eigenvalue weighted by atomic mass is 16.5. The van der Waals surface area contributed by atoms with Crippen molar-refractivity contribution in [1.82, 2.24) is 10.3 Å². The minimum atomic E-state index is 0.785. The van der Waals surface area contributed by atoms with Crippen LogP contribution in [0.15, 0.2) is 79.1 Å². The molecular formula is C25H24N2O. The van der Waals surface area contributed by atoms with E-state index >= 15 is 0 Å². The third kappa shape index (κ3) is 3.75. The fourth-order valence-electron chi connectivity index (χ4n) is 3.64. The number of nitrogens with one attached hydrogen (secondary N) is 1. The maximum atomic E-state index is 5.31. The molecule has 0 radical (unpaired) electrons. The zero-order chi connectivity index (χ0) is 19.3. The molecule has 4 aromatic rings. The topological polar surface area (TPSA) is 34.1 Å². The molecule has 1 N–H and O–H groups in total. The number of methoxy groups -OCH3 is 1. The van der Waals surface area contributed by atoms with Crippen LogP contribution < -0.4 is 10.1 Å². The SMILES string of the molecule is COc1cccc(CNCc2ccc(-c3ccccc3C)c3ccncc23)c1. The van der Waals surface area contributed by atoms with Gasteiger partial charge in [0, 0.05) is 30.9 Å². The monoisotopic (exact) mass is 368 g/mol. The van der Waals surface area contributed by atoms with Crippen molar-refractivity contribution >= 4 is 10.8 Å². The molecule has 3 heteroatoms. The summed E-state index contributed by atoms with van der Waals surface area (Å²) in [7, 11) is 1.70. The summed E-state index contributed by atoms with van der Waals surface area (Å²) in [5.41, 5.74) is 6.27. The van der Waals surface area contributed by atoms with E-state index in [2.05, 4.69) is 71.8 Å². The van der Waals surface area contributed by atoms with Gasteiger partial charge in [0.15, 0.2) is 0 Å². The number of rotatable bonds is 6. The summed E-state index contributed by atoms with van der Waals surface area (Å²) in [5, 5.41) is 5.99. The average molecular weight is 368 g/mol. The van der Waals surface area contributed by atoms with Gasteiger partial charge >= 0.3 is 0 Å². The average Bonchev–Trinajstić information content (AvgIpc) is 2.74. The Bertz CT molecular complexity index is 1100. The van der Waals surface area contributed by atoms with Crippen LogP contribution in [0.5, 0.6) is 5.75 Å². The maximum absolute atomic E-state index is 5.31. The summed E-state index contributed by atoms with van der Waals surface area (Å²) in [6, 6.07) is 23.2. The molecule has 0 unspecified atom stereocenters. The number of pyridine rings is 1. The van der Waals surface area contributed by atoms with Crippen LogP contribution in [-0.4, -0.2) is 12.1 Å². The summed E-state index contributed by atoms with van der Waals surface area (Å²) < 4.78 is 5.31. The van der Waals surface area contributed by atoms with E-state index in [1.807, 2.05) is 24.5 Å². The lowest BCUT2D eigenvalue weighted by Gasteiger charge is -2.14. The van der Waals surface area contributed by atoms with Crippen molar-refractivity contribution in [3.8, 4) is 16.9 Å². The van der Waals surface area contributed by atoms with Gasteiger partial charge in [0.2, 0.25) is 0 Å². The van der Waals surface area contributed by atoms with Crippen molar-refractivity contribution in [3.05, 3.63) is 95.8 Å². The van der Waals surface area contributed by atoms with Gasteiger partial charge in [0.05, 0.1) is 7.11 Å². The Kier molecular flexibility index (Phi) is 5.36. The third-order valence-corrected chi connectivity index (χ3v) is 5.12. The number of aryl methyl sites for hydroxylation is 1. The smallest absolute Gasteiger partial charge is 0.119 e. The summed E-state index contributed by atoms with van der Waals surface area (Å²) in [6.07, 6.45) is 3.84. The highest BCUT2D eigenvalue weighted by Crippen LogP contribution is 2.32. The Morgan fingerprint density at radius 2 is 1.75 bits per heavy atom. The minimum absolute atomic E-state index is 0.785. The van der Waals surface area contributed by atoms with Crippen LogP contribution in [0.3, 0.4) is 0 Å². The van der Waals surface area contributed by atoms with E-state index in [4.69, 9.17) is 4.74 Å². The molecule has 0 atom stereocenters. The zero-order valence-corrected chi connectivity index (χ0v) is 16.3. The van der Waals surface area contributed by atoms with Gasteiger partial charge in [-0.3, -0.25) is 4.98 Å². The van der Waals surface area contributed by atoms with E-state index in [1.165, 1.54) is 38.6 Å². The largest absolute Gasteiger partial charge is 0.497 e. The van der Waals surface area contributed by atoms with Crippen LogP contribution in [0.25, 0.3) is 21.9 Å². The Morgan fingerprint density at radius 3 is 2.61 bits per heavy atom. The fourth-order valence-corrected chi connectivity index (χ4v) is 3.64. The lowest BCUT2D eigenvalue weighted by molar-refractivity contribution is 0.414. The van der Waals surface area contributed by atoms with Crippen LogP contribution in [0.2, 0.25) is 0 Å². The predicted molar refractivity (Wildman–Crippen MR) is 115 cm³/mol. The van der Waals surface area contributed by atoms with Crippen LogP contribution in [0, 0.1) is 6.92 Å². The predicted octanol–water partition coefficient (Wildman–Crippen LogP) is 5.51. The summed E-state index contributed by atoms with van der Waals surface area (Å²) in [6.45, 7) is 3.73. The molecule has 0 amide bonds. The lowest BCUT2D eigenvalue weighted by Crippen LogP contribution is -2.13. The maximum Gasteiger partial charge on any atom is 0.119 e. The Balaban J connectivity index is 1.60. The number of hydrogen-bond acceptors (Lipinski definition) is 3. The highest BCUT2D eigenvalue weighted by Gasteiger charge is 2.09. The van der Waals surface area contributed by atoms with Gasteiger partial charge in [-0.15, -0.1) is 0 Å². The van der Waals surface area contributed by atoms with Crippen molar-refractivity contribution in [1.29, 1.82) is 0 Å². The molecule has 0 saturated heterocycles. The fraction of sp³-hybridized carbons (Fsp3) is 0.160. The van der Waals surface area contributed by atoms with Gasteiger partial charge < -0.3 is 10.1 Å². The number of benzene rings is 3. The first kappa shape index (κ1) is 18.2. The molecule has 0 fully saturated rings. The second-order valence-corrected chi connectivity index (χ2v) is 6.96. The standard InChI is InChI=1S/C25H24N2O/c1-18-6-3-4-9-22(18)23-11-10-20(25-17-26-13-12-24(23)25)16-27-15-19-7-5-8-21(14-19)28-2/h3-14,17,27H,15-16H2,1-2H3. The van der Waals surface area contributed by atoms with Crippen molar-refractivity contribution in [2.45, 2.75) is 20.0 Å². The Labute approximate surface area is 166 Å². The zero-order valence-electron chi connectivity index (χ0n) is 16.3. The first-order chi connectivity index (χ1) is 13.8. The first-order valence-corrected chi connectivity index (χ1v) is 9.51. The van der Waals surface area contributed by atoms with E-state index in [-0.39, 0.29) is 0 Å². The number of hydrogen-bond donors (Lipinski definition) is 1. The molecule has 1 heterocycles. The van der Waals surface area contributed by atoms with Crippen LogP contribution in [0.1, 0.15) is 16.7 Å². The van der Waals surface area contributed by atoms with E-state index in [1.54, 1.807) is 7.11 Å². The second-order valence-electron chi connectivity index (χ2n) is 6.96. The van der Waals surface area contributed by atoms with Gasteiger partial charge in [0.1, 0.15) is 5.75 Å². The van der Waals surface area contributed by atoms with Gasteiger partial charge in [-0.2, -0.15) is 0 Å². The summed E-state index contributed by atoms with van der Waals surface area (Å²) in [5.74, 6) is 0.886. The molecule has 0 bridgehead atoms. The number of nitrogens with zero attached hydrogens (tertiary/aromatic N) is 1. The second kappa shape index (κ2) is 8.24. The third-order valence-electron chi connectivity index (χ3n) is 5.12. The summed E-state index contributed by atoms with van der Waals surface area (Å²) in [4.78, 5) is 4.38. The van der Waals surface area contributed by atoms with E-state index in [0.29, 0.717) is 0 Å². The van der Waals surface area contributed by atoms with Crippen molar-refractivity contribution in [2.75, 3.05) is 7.11 Å². The van der Waals surface area contributed by atoms with Crippen molar-refractivity contribution in [3.63, 3.8) is 0 Å². The molecule has 140 valence electrons. The Hall–Kier alpha value is -3.17. The molecule has 28 heavy (non-hydrogen) atoms. The molecule has 1 aromatic heterocycles. The molecule has 0 aliphatic heterocycles. The number of aromatic nitrogens is 1. The lowest BCUT2D eigenvalue weighted by atomic mass is 9.94. The van der Waals surface area contributed by atoms with Gasteiger partial charge in [0.25, 0.3) is 0 Å².